The van der Waals surface area contributed by atoms with Crippen LogP contribution in [0.25, 0.3) is 10.2 Å². The summed E-state index contributed by atoms with van der Waals surface area (Å²) in [6.45, 7) is 1.01. The van der Waals surface area contributed by atoms with Crippen molar-refractivity contribution in [1.82, 2.24) is 10.1 Å². The summed E-state index contributed by atoms with van der Waals surface area (Å²) >= 11 is 1.48. The first-order valence-corrected chi connectivity index (χ1v) is 9.52. The monoisotopic (exact) mass is 332 g/mol. The van der Waals surface area contributed by atoms with Crippen LogP contribution in [0.4, 0.5) is 0 Å². The second kappa shape index (κ2) is 6.71. The fourth-order valence-electron chi connectivity index (χ4n) is 2.21. The molecule has 0 aliphatic carbocycles. The second-order valence-electron chi connectivity index (χ2n) is 4.81. The minimum absolute atomic E-state index is 0.502. The number of thiazole rings is 1. The molecule has 6 heteroatoms. The molecule has 22 heavy (non-hydrogen) atoms. The van der Waals surface area contributed by atoms with Crippen molar-refractivity contribution in [2.75, 3.05) is 20.3 Å². The molecule has 114 valence electrons. The number of benzene rings is 2. The van der Waals surface area contributed by atoms with Gasteiger partial charge in [-0.25, -0.2) is 4.98 Å². The first-order valence-electron chi connectivity index (χ1n) is 7.00. The third kappa shape index (κ3) is 2.99. The predicted octanol–water partition coefficient (Wildman–Crippen LogP) is 2.76. The third-order valence-electron chi connectivity index (χ3n) is 3.31. The van der Waals surface area contributed by atoms with E-state index in [2.05, 4.69) is 10.1 Å². The Hall–Kier alpha value is -1.52. The molecule has 1 heterocycles. The number of rotatable bonds is 6. The van der Waals surface area contributed by atoms with Gasteiger partial charge in [0.15, 0.2) is 4.75 Å². The standard InChI is InChI=1S/C16H17N2O2PS/c1-20-12-11-17-21(19,13-7-3-2-4-8-13)16-18-14-9-5-6-10-15(14)22-16/h2-10H,11-12H2,1H3,(H,17,19)/t21-/m0/s1. The lowest BCUT2D eigenvalue weighted by Crippen LogP contribution is -2.29. The predicted molar refractivity (Wildman–Crippen MR) is 92.8 cm³/mol. The van der Waals surface area contributed by atoms with Gasteiger partial charge < -0.3 is 4.74 Å². The molecule has 1 atom stereocenters. The molecule has 3 rings (SSSR count). The highest BCUT2D eigenvalue weighted by Crippen LogP contribution is 2.40. The number of hydrogen-bond acceptors (Lipinski definition) is 4. The van der Waals surface area contributed by atoms with Crippen LogP contribution in [0.1, 0.15) is 0 Å². The summed E-state index contributed by atoms with van der Waals surface area (Å²) in [6, 6.07) is 17.3. The number of para-hydroxylation sites is 1. The molecule has 0 saturated heterocycles. The van der Waals surface area contributed by atoms with Crippen LogP contribution < -0.4 is 15.1 Å². The van der Waals surface area contributed by atoms with E-state index in [1.54, 1.807) is 7.11 Å². The average molecular weight is 332 g/mol. The number of methoxy groups -OCH3 is 1. The highest BCUT2D eigenvalue weighted by Gasteiger charge is 2.30. The van der Waals surface area contributed by atoms with Crippen molar-refractivity contribution in [2.24, 2.45) is 0 Å². The smallest absolute Gasteiger partial charge is 0.232 e. The van der Waals surface area contributed by atoms with Crippen molar-refractivity contribution >= 4 is 38.9 Å². The van der Waals surface area contributed by atoms with Crippen LogP contribution in [0.15, 0.2) is 54.6 Å². The third-order valence-corrected chi connectivity index (χ3v) is 7.53. The van der Waals surface area contributed by atoms with Gasteiger partial charge in [-0.05, 0) is 24.3 Å². The highest BCUT2D eigenvalue weighted by molar-refractivity contribution is 7.81. The summed E-state index contributed by atoms with van der Waals surface area (Å²) in [7, 11) is -1.32. The summed E-state index contributed by atoms with van der Waals surface area (Å²) in [4.78, 5) is 4.59. The van der Waals surface area contributed by atoms with Gasteiger partial charge in [-0.15, -0.1) is 11.3 Å². The molecule has 0 unspecified atom stereocenters. The van der Waals surface area contributed by atoms with Crippen molar-refractivity contribution in [2.45, 2.75) is 0 Å². The van der Waals surface area contributed by atoms with E-state index in [1.807, 2.05) is 54.6 Å². The SMILES string of the molecule is COCCN[P@](=O)(c1ccccc1)c1nc2ccccc2s1. The van der Waals surface area contributed by atoms with Crippen molar-refractivity contribution in [1.29, 1.82) is 0 Å². The van der Waals surface area contributed by atoms with E-state index >= 15 is 0 Å². The summed E-state index contributed by atoms with van der Waals surface area (Å²) in [5.41, 5.74) is 0.882. The van der Waals surface area contributed by atoms with Crippen molar-refractivity contribution in [3.05, 3.63) is 54.6 Å². The van der Waals surface area contributed by atoms with Crippen LogP contribution in [0.2, 0.25) is 0 Å². The van der Waals surface area contributed by atoms with Crippen molar-refractivity contribution < 1.29 is 9.30 Å². The summed E-state index contributed by atoms with van der Waals surface area (Å²) in [6.07, 6.45) is 0. The van der Waals surface area contributed by atoms with Crippen molar-refractivity contribution in [3.63, 3.8) is 0 Å². The maximum absolute atomic E-state index is 13.6. The Bertz CT molecular complexity index is 771. The summed E-state index contributed by atoms with van der Waals surface area (Å²) < 4.78 is 20.4. The zero-order chi connectivity index (χ0) is 15.4. The second-order valence-corrected chi connectivity index (χ2v) is 8.62. The Labute approximate surface area is 133 Å². The average Bonchev–Trinajstić information content (AvgIpc) is 3.00. The number of hydrogen-bond donors (Lipinski definition) is 1. The number of nitrogens with one attached hydrogen (secondary N) is 1. The van der Waals surface area contributed by atoms with Crippen LogP contribution in [-0.4, -0.2) is 25.2 Å². The Morgan fingerprint density at radius 2 is 1.86 bits per heavy atom. The van der Waals surface area contributed by atoms with Crippen LogP contribution in [-0.2, 0) is 9.30 Å². The molecule has 0 spiro atoms. The Morgan fingerprint density at radius 1 is 1.14 bits per heavy atom. The first kappa shape index (κ1) is 15.4. The highest BCUT2D eigenvalue weighted by atomic mass is 32.1. The van der Waals surface area contributed by atoms with Crippen LogP contribution >= 0.6 is 18.6 Å². The lowest BCUT2D eigenvalue weighted by molar-refractivity contribution is 0.204. The number of ether oxygens (including phenoxy) is 1. The van der Waals surface area contributed by atoms with E-state index in [4.69, 9.17) is 4.74 Å². The van der Waals surface area contributed by atoms with Crippen LogP contribution in [0, 0.1) is 0 Å². The molecule has 0 amide bonds. The maximum Gasteiger partial charge on any atom is 0.232 e. The van der Waals surface area contributed by atoms with Gasteiger partial charge in [-0.1, -0.05) is 30.3 Å². The zero-order valence-electron chi connectivity index (χ0n) is 12.2. The van der Waals surface area contributed by atoms with Gasteiger partial charge in [0.25, 0.3) is 0 Å². The molecule has 2 aromatic carbocycles. The van der Waals surface area contributed by atoms with Gasteiger partial charge >= 0.3 is 0 Å². The number of aromatic nitrogens is 1. The minimum Gasteiger partial charge on any atom is -0.383 e. The minimum atomic E-state index is -2.95. The topological polar surface area (TPSA) is 51.2 Å². The molecular formula is C16H17N2O2PS. The molecule has 1 aromatic heterocycles. The molecule has 0 bridgehead atoms. The normalized spacial score (nSPS) is 14.0. The van der Waals surface area contributed by atoms with Gasteiger partial charge in [-0.3, -0.25) is 9.65 Å². The van der Waals surface area contributed by atoms with E-state index in [9.17, 15) is 4.57 Å². The first-order chi connectivity index (χ1) is 10.7. The molecular weight excluding hydrogens is 315 g/mol. The van der Waals surface area contributed by atoms with E-state index in [0.29, 0.717) is 17.9 Å². The van der Waals surface area contributed by atoms with E-state index in [-0.39, 0.29) is 0 Å². The van der Waals surface area contributed by atoms with E-state index < -0.39 is 7.29 Å². The number of fused-ring (bicyclic) bond motifs is 1. The lowest BCUT2D eigenvalue weighted by Gasteiger charge is -2.17. The quantitative estimate of drug-likeness (QED) is 0.557. The van der Waals surface area contributed by atoms with E-state index in [0.717, 1.165) is 15.5 Å². The zero-order valence-corrected chi connectivity index (χ0v) is 13.9. The van der Waals surface area contributed by atoms with E-state index in [1.165, 1.54) is 11.3 Å². The molecule has 0 aliphatic heterocycles. The summed E-state index contributed by atoms with van der Waals surface area (Å²) in [5.74, 6) is 0. The molecule has 0 saturated carbocycles. The molecule has 4 nitrogen and oxygen atoms in total. The molecule has 3 aromatic rings. The van der Waals surface area contributed by atoms with Gasteiger partial charge in [0, 0.05) is 19.0 Å². The van der Waals surface area contributed by atoms with Gasteiger partial charge in [-0.2, -0.15) is 0 Å². The van der Waals surface area contributed by atoms with Crippen molar-refractivity contribution in [3.8, 4) is 0 Å². The largest absolute Gasteiger partial charge is 0.383 e. The van der Waals surface area contributed by atoms with Gasteiger partial charge in [0.1, 0.15) is 0 Å². The Morgan fingerprint density at radius 3 is 2.59 bits per heavy atom. The van der Waals surface area contributed by atoms with Crippen LogP contribution in [0.5, 0.6) is 0 Å². The Balaban J connectivity index is 2.06. The summed E-state index contributed by atoms with van der Waals surface area (Å²) in [5, 5.41) is 3.94. The number of nitrogens with zero attached hydrogens (tertiary/aromatic N) is 1. The molecule has 0 fully saturated rings. The van der Waals surface area contributed by atoms with Gasteiger partial charge in [0.2, 0.25) is 7.29 Å². The van der Waals surface area contributed by atoms with Crippen LogP contribution in [0.3, 0.4) is 0 Å². The lowest BCUT2D eigenvalue weighted by atomic mass is 10.3. The molecule has 1 N–H and O–H groups in total. The Kier molecular flexibility index (Phi) is 4.69. The fraction of sp³-hybridized carbons (Fsp3) is 0.188. The van der Waals surface area contributed by atoms with Gasteiger partial charge in [0.05, 0.1) is 16.8 Å². The fourth-order valence-corrected chi connectivity index (χ4v) is 6.02. The molecule has 0 aliphatic rings. The maximum atomic E-state index is 13.6. The molecule has 0 radical (unpaired) electrons.